The summed E-state index contributed by atoms with van der Waals surface area (Å²) in [4.78, 5) is 0. The average molecular weight is 217 g/mol. The van der Waals surface area contributed by atoms with E-state index in [0.29, 0.717) is 6.04 Å². The summed E-state index contributed by atoms with van der Waals surface area (Å²) in [6, 6.07) is 6.01. The summed E-state index contributed by atoms with van der Waals surface area (Å²) in [6.07, 6.45) is 3.90. The standard InChI is InChI=1S/C15H23N/c1-10-7-11(2)15(12(3)8-10)9-13(4)16-14-5-6-14/h7-8,13-14,16H,5-6,9H2,1-4H3. The highest BCUT2D eigenvalue weighted by Crippen LogP contribution is 2.22. The van der Waals surface area contributed by atoms with Crippen LogP contribution in [0.25, 0.3) is 0 Å². The van der Waals surface area contributed by atoms with Gasteiger partial charge in [-0.15, -0.1) is 0 Å². The predicted octanol–water partition coefficient (Wildman–Crippen LogP) is 3.29. The lowest BCUT2D eigenvalue weighted by atomic mass is 9.95. The first-order valence-electron chi connectivity index (χ1n) is 6.39. The maximum atomic E-state index is 3.67. The van der Waals surface area contributed by atoms with Crippen LogP contribution < -0.4 is 5.32 Å². The van der Waals surface area contributed by atoms with Gasteiger partial charge < -0.3 is 5.32 Å². The number of aryl methyl sites for hydroxylation is 3. The van der Waals surface area contributed by atoms with E-state index in [0.717, 1.165) is 12.5 Å². The van der Waals surface area contributed by atoms with Crippen LogP contribution >= 0.6 is 0 Å². The molecule has 1 aromatic rings. The smallest absolute Gasteiger partial charge is 0.00819 e. The van der Waals surface area contributed by atoms with Gasteiger partial charge in [0.05, 0.1) is 0 Å². The minimum atomic E-state index is 0.604. The second kappa shape index (κ2) is 4.58. The molecule has 0 radical (unpaired) electrons. The molecule has 1 heteroatoms. The molecule has 1 saturated carbocycles. The molecule has 0 aromatic heterocycles. The van der Waals surface area contributed by atoms with Gasteiger partial charge >= 0.3 is 0 Å². The normalized spacial score (nSPS) is 17.5. The van der Waals surface area contributed by atoms with Crippen LogP contribution in [0.15, 0.2) is 12.1 Å². The number of hydrogen-bond acceptors (Lipinski definition) is 1. The van der Waals surface area contributed by atoms with Gasteiger partial charge in [0.25, 0.3) is 0 Å². The first-order chi connectivity index (χ1) is 7.56. The molecule has 1 aliphatic rings. The fraction of sp³-hybridized carbons (Fsp3) is 0.600. The van der Waals surface area contributed by atoms with Gasteiger partial charge in [-0.1, -0.05) is 17.7 Å². The Morgan fingerprint density at radius 3 is 2.25 bits per heavy atom. The number of nitrogens with one attached hydrogen (secondary N) is 1. The van der Waals surface area contributed by atoms with Crippen molar-refractivity contribution >= 4 is 0 Å². The Labute approximate surface area is 99.3 Å². The fourth-order valence-electron chi connectivity index (χ4n) is 2.55. The van der Waals surface area contributed by atoms with Crippen molar-refractivity contribution in [3.63, 3.8) is 0 Å². The number of benzene rings is 1. The summed E-state index contributed by atoms with van der Waals surface area (Å²) in [7, 11) is 0. The van der Waals surface area contributed by atoms with E-state index in [-0.39, 0.29) is 0 Å². The summed E-state index contributed by atoms with van der Waals surface area (Å²) in [6.45, 7) is 8.95. The highest BCUT2D eigenvalue weighted by Gasteiger charge is 2.23. The third kappa shape index (κ3) is 2.85. The van der Waals surface area contributed by atoms with Crippen molar-refractivity contribution < 1.29 is 0 Å². The maximum absolute atomic E-state index is 3.67. The van der Waals surface area contributed by atoms with Crippen molar-refractivity contribution in [3.8, 4) is 0 Å². The van der Waals surface area contributed by atoms with Crippen LogP contribution in [0.2, 0.25) is 0 Å². The quantitative estimate of drug-likeness (QED) is 0.816. The molecule has 1 aromatic carbocycles. The molecular formula is C15H23N. The van der Waals surface area contributed by atoms with E-state index in [1.54, 1.807) is 0 Å². The van der Waals surface area contributed by atoms with E-state index in [2.05, 4.69) is 45.1 Å². The largest absolute Gasteiger partial charge is 0.311 e. The first kappa shape index (κ1) is 11.7. The number of rotatable bonds is 4. The van der Waals surface area contributed by atoms with Gasteiger partial charge in [-0.3, -0.25) is 0 Å². The zero-order valence-corrected chi connectivity index (χ0v) is 10.9. The summed E-state index contributed by atoms with van der Waals surface area (Å²) in [5, 5.41) is 3.67. The molecule has 0 spiro atoms. The molecule has 1 aliphatic carbocycles. The van der Waals surface area contributed by atoms with Gasteiger partial charge in [-0.2, -0.15) is 0 Å². The van der Waals surface area contributed by atoms with E-state index in [9.17, 15) is 0 Å². The lowest BCUT2D eigenvalue weighted by Gasteiger charge is -2.17. The van der Waals surface area contributed by atoms with Gasteiger partial charge in [0, 0.05) is 12.1 Å². The zero-order chi connectivity index (χ0) is 11.7. The average Bonchev–Trinajstić information content (AvgIpc) is 2.95. The van der Waals surface area contributed by atoms with Crippen LogP contribution in [-0.2, 0) is 6.42 Å². The maximum Gasteiger partial charge on any atom is 0.00819 e. The second-order valence-electron chi connectivity index (χ2n) is 5.42. The molecule has 88 valence electrons. The molecule has 1 atom stereocenters. The van der Waals surface area contributed by atoms with E-state index in [1.807, 2.05) is 0 Å². The molecule has 16 heavy (non-hydrogen) atoms. The summed E-state index contributed by atoms with van der Waals surface area (Å²) >= 11 is 0. The van der Waals surface area contributed by atoms with E-state index >= 15 is 0 Å². The van der Waals surface area contributed by atoms with Crippen molar-refractivity contribution in [2.75, 3.05) is 0 Å². The minimum Gasteiger partial charge on any atom is -0.311 e. The molecule has 1 fully saturated rings. The van der Waals surface area contributed by atoms with Crippen molar-refractivity contribution in [2.45, 2.75) is 59.0 Å². The molecule has 1 nitrogen and oxygen atoms in total. The van der Waals surface area contributed by atoms with E-state index in [4.69, 9.17) is 0 Å². The molecule has 2 rings (SSSR count). The molecule has 0 aliphatic heterocycles. The Hall–Kier alpha value is -0.820. The third-order valence-corrected chi connectivity index (χ3v) is 3.45. The zero-order valence-electron chi connectivity index (χ0n) is 10.9. The monoisotopic (exact) mass is 217 g/mol. The molecular weight excluding hydrogens is 194 g/mol. The molecule has 0 saturated heterocycles. The van der Waals surface area contributed by atoms with Crippen LogP contribution in [0.5, 0.6) is 0 Å². The fourth-order valence-corrected chi connectivity index (χ4v) is 2.55. The van der Waals surface area contributed by atoms with E-state index < -0.39 is 0 Å². The van der Waals surface area contributed by atoms with Crippen molar-refractivity contribution in [1.29, 1.82) is 0 Å². The van der Waals surface area contributed by atoms with Crippen molar-refractivity contribution in [3.05, 3.63) is 34.4 Å². The van der Waals surface area contributed by atoms with Crippen LogP contribution in [0, 0.1) is 20.8 Å². The molecule has 1 N–H and O–H groups in total. The first-order valence-corrected chi connectivity index (χ1v) is 6.39. The predicted molar refractivity (Wildman–Crippen MR) is 70.0 cm³/mol. The Morgan fingerprint density at radius 2 is 1.75 bits per heavy atom. The second-order valence-corrected chi connectivity index (χ2v) is 5.42. The summed E-state index contributed by atoms with van der Waals surface area (Å²) in [5.41, 5.74) is 5.80. The number of hydrogen-bond donors (Lipinski definition) is 1. The van der Waals surface area contributed by atoms with Crippen molar-refractivity contribution in [1.82, 2.24) is 5.32 Å². The van der Waals surface area contributed by atoms with Gasteiger partial charge in [-0.25, -0.2) is 0 Å². The van der Waals surface area contributed by atoms with E-state index in [1.165, 1.54) is 35.1 Å². The minimum absolute atomic E-state index is 0.604. The lowest BCUT2D eigenvalue weighted by molar-refractivity contribution is 0.540. The van der Waals surface area contributed by atoms with Gasteiger partial charge in [0.15, 0.2) is 0 Å². The molecule has 0 amide bonds. The van der Waals surface area contributed by atoms with Crippen LogP contribution in [-0.4, -0.2) is 12.1 Å². The summed E-state index contributed by atoms with van der Waals surface area (Å²) < 4.78 is 0. The van der Waals surface area contributed by atoms with Crippen LogP contribution in [0.3, 0.4) is 0 Å². The van der Waals surface area contributed by atoms with Gasteiger partial charge in [0.1, 0.15) is 0 Å². The van der Waals surface area contributed by atoms with Crippen LogP contribution in [0.4, 0.5) is 0 Å². The Morgan fingerprint density at radius 1 is 1.19 bits per heavy atom. The SMILES string of the molecule is Cc1cc(C)c(CC(C)NC2CC2)c(C)c1. The van der Waals surface area contributed by atoms with Crippen molar-refractivity contribution in [2.24, 2.45) is 0 Å². The third-order valence-electron chi connectivity index (χ3n) is 3.45. The van der Waals surface area contributed by atoms with Gasteiger partial charge in [0.2, 0.25) is 0 Å². The Bertz CT molecular complexity index is 354. The molecule has 0 bridgehead atoms. The Kier molecular flexibility index (Phi) is 3.34. The van der Waals surface area contributed by atoms with Gasteiger partial charge in [-0.05, 0) is 63.6 Å². The highest BCUT2D eigenvalue weighted by atomic mass is 15.0. The Balaban J connectivity index is 2.07. The molecule has 0 heterocycles. The lowest BCUT2D eigenvalue weighted by Crippen LogP contribution is -2.30. The van der Waals surface area contributed by atoms with Crippen LogP contribution in [0.1, 0.15) is 42.0 Å². The topological polar surface area (TPSA) is 12.0 Å². The highest BCUT2D eigenvalue weighted by molar-refractivity contribution is 5.37. The summed E-state index contributed by atoms with van der Waals surface area (Å²) in [5.74, 6) is 0. The molecule has 1 unspecified atom stereocenters.